The fraction of sp³-hybridized carbons (Fsp3) is 0.917. The van der Waals surface area contributed by atoms with Crippen LogP contribution < -0.4 is 0 Å². The monoisotopic (exact) mass is 275 g/mol. The van der Waals surface area contributed by atoms with Crippen LogP contribution in [0.25, 0.3) is 0 Å². The first-order valence-corrected chi connectivity index (χ1v) is 6.77. The van der Waals surface area contributed by atoms with E-state index >= 15 is 0 Å². The van der Waals surface area contributed by atoms with E-state index in [1.807, 2.05) is 11.9 Å². The summed E-state index contributed by atoms with van der Waals surface area (Å²) in [7, 11) is 1.92. The third-order valence-electron chi connectivity index (χ3n) is 3.35. The zero-order valence-electron chi connectivity index (χ0n) is 10.1. The van der Waals surface area contributed by atoms with Crippen LogP contribution in [0.5, 0.6) is 0 Å². The molecule has 1 aliphatic carbocycles. The molecule has 1 saturated carbocycles. The van der Waals surface area contributed by atoms with E-state index in [1.165, 1.54) is 19.3 Å². The van der Waals surface area contributed by atoms with E-state index in [9.17, 15) is 4.79 Å². The Morgan fingerprint density at radius 3 is 2.40 bits per heavy atom. The molecule has 0 radical (unpaired) electrons. The lowest BCUT2D eigenvalue weighted by Gasteiger charge is -2.36. The molecule has 1 atom stereocenters. The zero-order valence-corrected chi connectivity index (χ0v) is 11.6. The normalized spacial score (nSPS) is 22.1. The molecular formula is C12H22BrNO. The third-order valence-corrected chi connectivity index (χ3v) is 3.64. The molecule has 2 nitrogen and oxygen atoms in total. The molecule has 1 aliphatic rings. The summed E-state index contributed by atoms with van der Waals surface area (Å²) < 4.78 is 0. The highest BCUT2D eigenvalue weighted by Gasteiger charge is 2.36. The second-order valence-corrected chi connectivity index (χ2v) is 6.65. The van der Waals surface area contributed by atoms with Crippen LogP contribution in [0.2, 0.25) is 0 Å². The molecule has 0 heterocycles. The van der Waals surface area contributed by atoms with Crippen molar-refractivity contribution in [3.8, 4) is 0 Å². The Hall–Kier alpha value is -0.0500. The van der Waals surface area contributed by atoms with E-state index in [4.69, 9.17) is 0 Å². The summed E-state index contributed by atoms with van der Waals surface area (Å²) in [5.41, 5.74) is -0.0884. The lowest BCUT2D eigenvalue weighted by molar-refractivity contribution is -0.141. The van der Waals surface area contributed by atoms with Gasteiger partial charge in [0.2, 0.25) is 5.91 Å². The highest BCUT2D eigenvalue weighted by Crippen LogP contribution is 2.37. The maximum atomic E-state index is 12.3. The number of halogens is 1. The van der Waals surface area contributed by atoms with E-state index < -0.39 is 0 Å². The molecule has 0 aliphatic heterocycles. The molecule has 0 bridgehead atoms. The van der Waals surface area contributed by atoms with Gasteiger partial charge in [0.1, 0.15) is 0 Å². The average molecular weight is 276 g/mol. The first kappa shape index (κ1) is 13.0. The lowest BCUT2D eigenvalue weighted by atomic mass is 9.75. The molecular weight excluding hydrogens is 254 g/mol. The van der Waals surface area contributed by atoms with Gasteiger partial charge < -0.3 is 4.90 Å². The van der Waals surface area contributed by atoms with Crippen LogP contribution in [0.1, 0.15) is 46.0 Å². The molecule has 0 spiro atoms. The minimum absolute atomic E-state index is 0.0884. The Kier molecular flexibility index (Phi) is 4.63. The van der Waals surface area contributed by atoms with E-state index in [2.05, 4.69) is 29.8 Å². The summed E-state index contributed by atoms with van der Waals surface area (Å²) in [6.07, 6.45) is 5.83. The number of nitrogens with zero attached hydrogens (tertiary/aromatic N) is 1. The van der Waals surface area contributed by atoms with Crippen molar-refractivity contribution in [1.82, 2.24) is 4.90 Å². The Morgan fingerprint density at radius 2 is 1.93 bits per heavy atom. The van der Waals surface area contributed by atoms with Gasteiger partial charge in [-0.15, -0.1) is 0 Å². The van der Waals surface area contributed by atoms with Crippen LogP contribution in [0.15, 0.2) is 0 Å². The molecule has 0 saturated heterocycles. The smallest absolute Gasteiger partial charge is 0.228 e. The number of amides is 1. The number of alkyl halides is 1. The van der Waals surface area contributed by atoms with Gasteiger partial charge in [0.05, 0.1) is 0 Å². The highest BCUT2D eigenvalue weighted by atomic mass is 79.9. The summed E-state index contributed by atoms with van der Waals surface area (Å²) >= 11 is 3.49. The molecule has 1 fully saturated rings. The molecule has 3 heteroatoms. The zero-order chi connectivity index (χ0) is 11.5. The summed E-state index contributed by atoms with van der Waals surface area (Å²) in [5, 5.41) is 0. The van der Waals surface area contributed by atoms with Crippen molar-refractivity contribution >= 4 is 21.8 Å². The molecule has 0 aromatic heterocycles. The summed E-state index contributed by atoms with van der Waals surface area (Å²) in [6.45, 7) is 5.01. The predicted octanol–water partition coefficient (Wildman–Crippen LogP) is 3.20. The van der Waals surface area contributed by atoms with Crippen LogP contribution in [0, 0.1) is 5.41 Å². The van der Waals surface area contributed by atoms with Crippen molar-refractivity contribution in [3.63, 3.8) is 0 Å². The van der Waals surface area contributed by atoms with Crippen molar-refractivity contribution in [2.24, 2.45) is 5.41 Å². The van der Waals surface area contributed by atoms with Crippen molar-refractivity contribution in [3.05, 3.63) is 0 Å². The minimum Gasteiger partial charge on any atom is -0.344 e. The summed E-state index contributed by atoms with van der Waals surface area (Å²) in [4.78, 5) is 14.5. The Bertz CT molecular complexity index is 222. The standard InChI is InChI=1S/C12H22BrNO/c1-10(13)9-14(3)11(15)12(2)7-5-4-6-8-12/h10H,4-9H2,1-3H3. The molecule has 0 aromatic carbocycles. The summed E-state index contributed by atoms with van der Waals surface area (Å²) in [5.74, 6) is 0.327. The SMILES string of the molecule is CC(Br)CN(C)C(=O)C1(C)CCCCC1. The third kappa shape index (κ3) is 3.47. The maximum absolute atomic E-state index is 12.3. The molecule has 1 amide bonds. The van der Waals surface area contributed by atoms with E-state index in [-0.39, 0.29) is 5.41 Å². The van der Waals surface area contributed by atoms with Crippen LogP contribution in [0.4, 0.5) is 0 Å². The van der Waals surface area contributed by atoms with Gasteiger partial charge in [0, 0.05) is 23.8 Å². The van der Waals surface area contributed by atoms with Crippen molar-refractivity contribution in [1.29, 1.82) is 0 Å². The second-order valence-electron chi connectivity index (χ2n) is 5.09. The van der Waals surface area contributed by atoms with Gasteiger partial charge in [-0.3, -0.25) is 4.79 Å². The molecule has 1 rings (SSSR count). The fourth-order valence-electron chi connectivity index (χ4n) is 2.47. The van der Waals surface area contributed by atoms with Gasteiger partial charge >= 0.3 is 0 Å². The van der Waals surface area contributed by atoms with Crippen LogP contribution in [-0.4, -0.2) is 29.2 Å². The molecule has 1 unspecified atom stereocenters. The number of carbonyl (C=O) groups excluding carboxylic acids is 1. The first-order chi connectivity index (χ1) is 6.96. The van der Waals surface area contributed by atoms with Crippen LogP contribution in [-0.2, 0) is 4.79 Å². The maximum Gasteiger partial charge on any atom is 0.228 e. The van der Waals surface area contributed by atoms with Gasteiger partial charge in [0.25, 0.3) is 0 Å². The minimum atomic E-state index is -0.0884. The Labute approximate surface area is 102 Å². The van der Waals surface area contributed by atoms with E-state index in [1.54, 1.807) is 0 Å². The fourth-order valence-corrected chi connectivity index (χ4v) is 2.90. The Balaban J connectivity index is 2.57. The van der Waals surface area contributed by atoms with Gasteiger partial charge in [0.15, 0.2) is 0 Å². The average Bonchev–Trinajstić information content (AvgIpc) is 2.16. The number of rotatable bonds is 3. The molecule has 0 aromatic rings. The van der Waals surface area contributed by atoms with Gasteiger partial charge in [-0.1, -0.05) is 49.0 Å². The van der Waals surface area contributed by atoms with E-state index in [0.29, 0.717) is 10.7 Å². The molecule has 15 heavy (non-hydrogen) atoms. The van der Waals surface area contributed by atoms with E-state index in [0.717, 1.165) is 19.4 Å². The number of hydrogen-bond donors (Lipinski definition) is 0. The first-order valence-electron chi connectivity index (χ1n) is 5.85. The Morgan fingerprint density at radius 1 is 1.40 bits per heavy atom. The van der Waals surface area contributed by atoms with Crippen molar-refractivity contribution in [2.45, 2.75) is 50.8 Å². The van der Waals surface area contributed by atoms with Crippen molar-refractivity contribution < 1.29 is 4.79 Å². The lowest BCUT2D eigenvalue weighted by Crippen LogP contribution is -2.43. The van der Waals surface area contributed by atoms with Crippen LogP contribution in [0.3, 0.4) is 0 Å². The highest BCUT2D eigenvalue weighted by molar-refractivity contribution is 9.09. The molecule has 0 N–H and O–H groups in total. The quantitative estimate of drug-likeness (QED) is 0.725. The largest absolute Gasteiger partial charge is 0.344 e. The van der Waals surface area contributed by atoms with Gasteiger partial charge in [-0.25, -0.2) is 0 Å². The second kappa shape index (κ2) is 5.33. The molecule has 88 valence electrons. The van der Waals surface area contributed by atoms with Crippen molar-refractivity contribution in [2.75, 3.05) is 13.6 Å². The number of carbonyl (C=O) groups is 1. The van der Waals surface area contributed by atoms with Crippen LogP contribution >= 0.6 is 15.9 Å². The predicted molar refractivity (Wildman–Crippen MR) is 67.2 cm³/mol. The van der Waals surface area contributed by atoms with Gasteiger partial charge in [-0.2, -0.15) is 0 Å². The van der Waals surface area contributed by atoms with Gasteiger partial charge in [-0.05, 0) is 12.8 Å². The summed E-state index contributed by atoms with van der Waals surface area (Å²) in [6, 6.07) is 0. The number of hydrogen-bond acceptors (Lipinski definition) is 1. The topological polar surface area (TPSA) is 20.3 Å².